The predicted molar refractivity (Wildman–Crippen MR) is 94.6 cm³/mol. The Morgan fingerprint density at radius 2 is 2.04 bits per heavy atom. The Bertz CT molecular complexity index is 543. The minimum atomic E-state index is -0.393. The van der Waals surface area contributed by atoms with Crippen molar-refractivity contribution in [2.45, 2.75) is 38.3 Å². The van der Waals surface area contributed by atoms with Crippen molar-refractivity contribution in [3.05, 3.63) is 35.4 Å². The lowest BCUT2D eigenvalue weighted by molar-refractivity contribution is -0.124. The van der Waals surface area contributed by atoms with Gasteiger partial charge >= 0.3 is 0 Å². The minimum absolute atomic E-state index is 0.00844. The van der Waals surface area contributed by atoms with Gasteiger partial charge in [-0.05, 0) is 42.7 Å². The Kier molecular flexibility index (Phi) is 6.24. The first-order valence-corrected chi connectivity index (χ1v) is 9.14. The smallest absolute Gasteiger partial charge is 0.237 e. The molecule has 1 fully saturated rings. The van der Waals surface area contributed by atoms with E-state index in [1.165, 1.54) is 11.1 Å². The SMILES string of the molecule is NC(C(=O)NCCCN1CCc2ccccc2C1)C1CCOCC1. The Morgan fingerprint density at radius 1 is 1.29 bits per heavy atom. The van der Waals surface area contributed by atoms with E-state index in [4.69, 9.17) is 10.5 Å². The first kappa shape index (κ1) is 17.4. The maximum absolute atomic E-state index is 12.2. The van der Waals surface area contributed by atoms with Crippen molar-refractivity contribution >= 4 is 5.91 Å². The number of hydrogen-bond acceptors (Lipinski definition) is 4. The summed E-state index contributed by atoms with van der Waals surface area (Å²) in [5, 5.41) is 3.01. The molecule has 1 aromatic carbocycles. The molecule has 5 nitrogen and oxygen atoms in total. The zero-order chi connectivity index (χ0) is 16.8. The summed E-state index contributed by atoms with van der Waals surface area (Å²) >= 11 is 0. The summed E-state index contributed by atoms with van der Waals surface area (Å²) in [5.74, 6) is 0.253. The maximum Gasteiger partial charge on any atom is 0.237 e. The normalized spacial score (nSPS) is 20.4. The molecular formula is C19H29N3O2. The molecular weight excluding hydrogens is 302 g/mol. The van der Waals surface area contributed by atoms with Gasteiger partial charge in [0.2, 0.25) is 5.91 Å². The van der Waals surface area contributed by atoms with Crippen LogP contribution in [0.15, 0.2) is 24.3 Å². The van der Waals surface area contributed by atoms with Gasteiger partial charge in [0, 0.05) is 39.4 Å². The molecule has 0 bridgehead atoms. The third-order valence-electron chi connectivity index (χ3n) is 5.24. The third-order valence-corrected chi connectivity index (χ3v) is 5.24. The predicted octanol–water partition coefficient (Wildman–Crippen LogP) is 1.30. The summed E-state index contributed by atoms with van der Waals surface area (Å²) < 4.78 is 5.33. The fourth-order valence-electron chi connectivity index (χ4n) is 3.67. The summed E-state index contributed by atoms with van der Waals surface area (Å²) in [6.07, 6.45) is 3.87. The van der Waals surface area contributed by atoms with E-state index >= 15 is 0 Å². The molecule has 2 heterocycles. The zero-order valence-electron chi connectivity index (χ0n) is 14.4. The Balaban J connectivity index is 1.34. The molecule has 0 saturated carbocycles. The van der Waals surface area contributed by atoms with Gasteiger partial charge in [0.05, 0.1) is 6.04 Å². The molecule has 3 rings (SSSR count). The molecule has 0 spiro atoms. The number of nitrogens with zero attached hydrogens (tertiary/aromatic N) is 1. The van der Waals surface area contributed by atoms with Gasteiger partial charge in [-0.3, -0.25) is 9.69 Å². The lowest BCUT2D eigenvalue weighted by Gasteiger charge is -2.29. The van der Waals surface area contributed by atoms with Gasteiger partial charge in [-0.15, -0.1) is 0 Å². The van der Waals surface area contributed by atoms with Crippen LogP contribution in [-0.2, 0) is 22.5 Å². The van der Waals surface area contributed by atoms with E-state index in [1.807, 2.05) is 0 Å². The fraction of sp³-hybridized carbons (Fsp3) is 0.632. The highest BCUT2D eigenvalue weighted by atomic mass is 16.5. The molecule has 1 aromatic rings. The second-order valence-electron chi connectivity index (χ2n) is 6.92. The van der Waals surface area contributed by atoms with Crippen LogP contribution in [0.3, 0.4) is 0 Å². The molecule has 3 N–H and O–H groups in total. The number of carbonyl (C=O) groups is 1. The van der Waals surface area contributed by atoms with E-state index < -0.39 is 6.04 Å². The minimum Gasteiger partial charge on any atom is -0.381 e. The summed E-state index contributed by atoms with van der Waals surface area (Å²) in [6, 6.07) is 8.28. The molecule has 0 radical (unpaired) electrons. The first-order valence-electron chi connectivity index (χ1n) is 9.14. The highest BCUT2D eigenvalue weighted by Gasteiger charge is 2.26. The van der Waals surface area contributed by atoms with Gasteiger partial charge in [0.25, 0.3) is 0 Å². The summed E-state index contributed by atoms with van der Waals surface area (Å²) in [4.78, 5) is 14.6. The van der Waals surface area contributed by atoms with Crippen LogP contribution in [-0.4, -0.2) is 49.7 Å². The van der Waals surface area contributed by atoms with Crippen molar-refractivity contribution in [1.29, 1.82) is 0 Å². The molecule has 5 heteroatoms. The number of amides is 1. The summed E-state index contributed by atoms with van der Waals surface area (Å²) in [5.41, 5.74) is 9.01. The van der Waals surface area contributed by atoms with Crippen LogP contribution in [0.1, 0.15) is 30.4 Å². The Hall–Kier alpha value is -1.43. The summed E-state index contributed by atoms with van der Waals surface area (Å²) in [7, 11) is 0. The molecule has 24 heavy (non-hydrogen) atoms. The van der Waals surface area contributed by atoms with Crippen molar-refractivity contribution in [2.24, 2.45) is 11.7 Å². The molecule has 2 aliphatic heterocycles. The highest BCUT2D eigenvalue weighted by Crippen LogP contribution is 2.19. The van der Waals surface area contributed by atoms with Gasteiger partial charge in [-0.1, -0.05) is 24.3 Å². The lowest BCUT2D eigenvalue weighted by Crippen LogP contribution is -2.47. The van der Waals surface area contributed by atoms with Crippen LogP contribution in [0.5, 0.6) is 0 Å². The fourth-order valence-corrected chi connectivity index (χ4v) is 3.67. The topological polar surface area (TPSA) is 67.6 Å². The number of nitrogens with two attached hydrogens (primary N) is 1. The van der Waals surface area contributed by atoms with Crippen molar-refractivity contribution in [2.75, 3.05) is 32.8 Å². The highest BCUT2D eigenvalue weighted by molar-refractivity contribution is 5.81. The molecule has 1 amide bonds. The van der Waals surface area contributed by atoms with Crippen molar-refractivity contribution in [3.63, 3.8) is 0 Å². The van der Waals surface area contributed by atoms with Gasteiger partial charge in [-0.2, -0.15) is 0 Å². The van der Waals surface area contributed by atoms with E-state index in [9.17, 15) is 4.79 Å². The maximum atomic E-state index is 12.2. The lowest BCUT2D eigenvalue weighted by atomic mass is 9.92. The Labute approximate surface area is 144 Å². The second-order valence-corrected chi connectivity index (χ2v) is 6.92. The number of benzene rings is 1. The van der Waals surface area contributed by atoms with Crippen LogP contribution in [0.4, 0.5) is 0 Å². The van der Waals surface area contributed by atoms with E-state index in [1.54, 1.807) is 0 Å². The van der Waals surface area contributed by atoms with E-state index in [2.05, 4.69) is 34.5 Å². The monoisotopic (exact) mass is 331 g/mol. The molecule has 0 aromatic heterocycles. The van der Waals surface area contributed by atoms with E-state index in [-0.39, 0.29) is 11.8 Å². The van der Waals surface area contributed by atoms with Crippen LogP contribution >= 0.6 is 0 Å². The van der Waals surface area contributed by atoms with Crippen molar-refractivity contribution < 1.29 is 9.53 Å². The number of ether oxygens (including phenoxy) is 1. The average Bonchev–Trinajstić information content (AvgIpc) is 2.65. The molecule has 0 aliphatic carbocycles. The number of fused-ring (bicyclic) bond motifs is 1. The number of nitrogens with one attached hydrogen (secondary N) is 1. The second kappa shape index (κ2) is 8.60. The number of carbonyl (C=O) groups excluding carboxylic acids is 1. The molecule has 2 aliphatic rings. The van der Waals surface area contributed by atoms with E-state index in [0.29, 0.717) is 6.54 Å². The number of hydrogen-bond donors (Lipinski definition) is 2. The van der Waals surface area contributed by atoms with Gasteiger partial charge in [-0.25, -0.2) is 0 Å². The number of rotatable bonds is 6. The van der Waals surface area contributed by atoms with Gasteiger partial charge in [0.1, 0.15) is 0 Å². The first-order chi connectivity index (χ1) is 11.7. The standard InChI is InChI=1S/C19H29N3O2/c20-18(16-7-12-24-13-8-16)19(23)21-9-3-10-22-11-6-15-4-1-2-5-17(15)14-22/h1-2,4-5,16,18H,3,6-14,20H2,(H,21,23). The van der Waals surface area contributed by atoms with Crippen molar-refractivity contribution in [1.82, 2.24) is 10.2 Å². The van der Waals surface area contributed by atoms with Crippen LogP contribution in [0.2, 0.25) is 0 Å². The van der Waals surface area contributed by atoms with Crippen LogP contribution in [0, 0.1) is 5.92 Å². The van der Waals surface area contributed by atoms with Gasteiger partial charge < -0.3 is 15.8 Å². The molecule has 1 atom stereocenters. The molecule has 1 unspecified atom stereocenters. The molecule has 132 valence electrons. The van der Waals surface area contributed by atoms with E-state index in [0.717, 1.165) is 58.5 Å². The van der Waals surface area contributed by atoms with Crippen LogP contribution in [0.25, 0.3) is 0 Å². The van der Waals surface area contributed by atoms with Gasteiger partial charge in [0.15, 0.2) is 0 Å². The quantitative estimate of drug-likeness (QED) is 0.771. The van der Waals surface area contributed by atoms with Crippen LogP contribution < -0.4 is 11.1 Å². The van der Waals surface area contributed by atoms with Crippen molar-refractivity contribution in [3.8, 4) is 0 Å². The zero-order valence-corrected chi connectivity index (χ0v) is 14.4. The summed E-state index contributed by atoms with van der Waals surface area (Å²) in [6.45, 7) is 5.29. The largest absolute Gasteiger partial charge is 0.381 e. The third kappa shape index (κ3) is 4.56. The Morgan fingerprint density at radius 3 is 2.83 bits per heavy atom. The molecule has 1 saturated heterocycles. The average molecular weight is 331 g/mol.